The third kappa shape index (κ3) is 6.16. The molecule has 0 fully saturated rings. The Bertz CT molecular complexity index is 880. The number of methoxy groups -OCH3 is 1. The number of hydrogen-bond donors (Lipinski definition) is 1. The second-order valence-electron chi connectivity index (χ2n) is 5.87. The summed E-state index contributed by atoms with van der Waals surface area (Å²) < 4.78 is 40.9. The fraction of sp³-hybridized carbons (Fsp3) is 0.350. The predicted molar refractivity (Wildman–Crippen MR) is 109 cm³/mol. The van der Waals surface area contributed by atoms with Crippen molar-refractivity contribution in [3.05, 3.63) is 48.0 Å². The van der Waals surface area contributed by atoms with Crippen LogP contribution in [-0.2, 0) is 10.0 Å². The molecular formula is C20H26N2O5S. The number of unbranched alkanes of at least 4 members (excludes halogenated alkanes) is 1. The maximum Gasteiger partial charge on any atom is 0.276 e. The van der Waals surface area contributed by atoms with Gasteiger partial charge in [0, 0.05) is 0 Å². The highest BCUT2D eigenvalue weighted by molar-refractivity contribution is 7.89. The molecule has 0 heterocycles. The van der Waals surface area contributed by atoms with Gasteiger partial charge in [0.25, 0.3) is 10.0 Å². The maximum atomic E-state index is 12.3. The molecule has 0 amide bonds. The first-order valence-electron chi connectivity index (χ1n) is 9.08. The Morgan fingerprint density at radius 3 is 2.43 bits per heavy atom. The van der Waals surface area contributed by atoms with Gasteiger partial charge in [-0.2, -0.15) is 13.5 Å². The Hall–Kier alpha value is -2.74. The van der Waals surface area contributed by atoms with Crippen LogP contribution in [-0.4, -0.2) is 35.0 Å². The van der Waals surface area contributed by atoms with Gasteiger partial charge in [-0.25, -0.2) is 4.83 Å². The SMILES string of the molecule is CCCCOc1ccc(/C=N\NS(=O)(=O)c2ccc(OC)cc2)cc1OCC. The molecule has 0 saturated heterocycles. The first kappa shape index (κ1) is 21.6. The van der Waals surface area contributed by atoms with Crippen LogP contribution in [0.3, 0.4) is 0 Å². The highest BCUT2D eigenvalue weighted by Crippen LogP contribution is 2.28. The van der Waals surface area contributed by atoms with E-state index in [1.807, 2.05) is 6.92 Å². The standard InChI is InChI=1S/C20H26N2O5S/c1-4-6-13-27-19-12-7-16(14-20(19)26-5-2)15-21-22-28(23,24)18-10-8-17(25-3)9-11-18/h7-12,14-15,22H,4-6,13H2,1-3H3/b21-15-. The van der Waals surface area contributed by atoms with Crippen LogP contribution in [0.1, 0.15) is 32.3 Å². The van der Waals surface area contributed by atoms with Crippen molar-refractivity contribution in [3.8, 4) is 17.2 Å². The fourth-order valence-electron chi connectivity index (χ4n) is 2.30. The van der Waals surface area contributed by atoms with Crippen LogP contribution in [0.25, 0.3) is 0 Å². The van der Waals surface area contributed by atoms with E-state index in [0.29, 0.717) is 36.0 Å². The number of hydrogen-bond acceptors (Lipinski definition) is 6. The number of benzene rings is 2. The van der Waals surface area contributed by atoms with E-state index >= 15 is 0 Å². The van der Waals surface area contributed by atoms with Gasteiger partial charge >= 0.3 is 0 Å². The second kappa shape index (κ2) is 10.6. The lowest BCUT2D eigenvalue weighted by atomic mass is 10.2. The predicted octanol–water partition coefficient (Wildman–Crippen LogP) is 3.59. The fourth-order valence-corrected chi connectivity index (χ4v) is 3.09. The molecule has 0 aliphatic heterocycles. The summed E-state index contributed by atoms with van der Waals surface area (Å²) in [5.74, 6) is 1.83. The number of nitrogens with zero attached hydrogens (tertiary/aromatic N) is 1. The molecule has 0 aliphatic rings. The molecule has 28 heavy (non-hydrogen) atoms. The Kier molecular flexibility index (Phi) is 8.13. The zero-order valence-electron chi connectivity index (χ0n) is 16.3. The highest BCUT2D eigenvalue weighted by Gasteiger charge is 2.12. The molecular weight excluding hydrogens is 380 g/mol. The summed E-state index contributed by atoms with van der Waals surface area (Å²) in [4.78, 5) is 2.30. The third-order valence-electron chi connectivity index (χ3n) is 3.78. The van der Waals surface area contributed by atoms with E-state index in [1.54, 1.807) is 30.3 Å². The first-order valence-corrected chi connectivity index (χ1v) is 10.6. The van der Waals surface area contributed by atoms with Crippen molar-refractivity contribution >= 4 is 16.2 Å². The van der Waals surface area contributed by atoms with Gasteiger partial charge in [0.15, 0.2) is 11.5 Å². The molecule has 0 aliphatic carbocycles. The summed E-state index contributed by atoms with van der Waals surface area (Å²) in [5.41, 5.74) is 0.684. The molecule has 0 bridgehead atoms. The summed E-state index contributed by atoms with van der Waals surface area (Å²) in [7, 11) is -2.24. The minimum Gasteiger partial charge on any atom is -0.497 e. The van der Waals surface area contributed by atoms with Gasteiger partial charge in [0.2, 0.25) is 0 Å². The molecule has 8 heteroatoms. The second-order valence-corrected chi connectivity index (χ2v) is 7.53. The molecule has 152 valence electrons. The number of hydrazone groups is 1. The minimum absolute atomic E-state index is 0.0973. The van der Waals surface area contributed by atoms with E-state index in [0.717, 1.165) is 12.8 Å². The number of ether oxygens (including phenoxy) is 3. The van der Waals surface area contributed by atoms with E-state index in [4.69, 9.17) is 14.2 Å². The Labute approximate surface area is 166 Å². The average molecular weight is 407 g/mol. The largest absolute Gasteiger partial charge is 0.497 e. The molecule has 2 aromatic rings. The lowest BCUT2D eigenvalue weighted by molar-refractivity contribution is 0.272. The zero-order valence-corrected chi connectivity index (χ0v) is 17.2. The van der Waals surface area contributed by atoms with E-state index in [1.165, 1.54) is 25.5 Å². The van der Waals surface area contributed by atoms with Gasteiger partial charge in [-0.15, -0.1) is 0 Å². The molecule has 0 unspecified atom stereocenters. The third-order valence-corrected chi connectivity index (χ3v) is 5.02. The number of sulfonamides is 1. The van der Waals surface area contributed by atoms with Crippen molar-refractivity contribution < 1.29 is 22.6 Å². The van der Waals surface area contributed by atoms with Crippen LogP contribution < -0.4 is 19.0 Å². The van der Waals surface area contributed by atoms with Crippen LogP contribution in [0.2, 0.25) is 0 Å². The number of rotatable bonds is 11. The highest BCUT2D eigenvalue weighted by atomic mass is 32.2. The van der Waals surface area contributed by atoms with Crippen LogP contribution >= 0.6 is 0 Å². The van der Waals surface area contributed by atoms with Gasteiger partial charge < -0.3 is 14.2 Å². The average Bonchev–Trinajstić information content (AvgIpc) is 2.70. The Morgan fingerprint density at radius 1 is 1.04 bits per heavy atom. The molecule has 0 spiro atoms. The normalized spacial score (nSPS) is 11.4. The van der Waals surface area contributed by atoms with E-state index in [-0.39, 0.29) is 4.90 Å². The van der Waals surface area contributed by atoms with E-state index < -0.39 is 10.0 Å². The maximum absolute atomic E-state index is 12.3. The zero-order chi connectivity index (χ0) is 20.4. The molecule has 0 atom stereocenters. The summed E-state index contributed by atoms with van der Waals surface area (Å²) in [6.45, 7) is 5.10. The summed E-state index contributed by atoms with van der Waals surface area (Å²) in [5, 5.41) is 3.85. The van der Waals surface area contributed by atoms with Crippen molar-refractivity contribution in [1.29, 1.82) is 0 Å². The van der Waals surface area contributed by atoms with Gasteiger partial charge in [0.1, 0.15) is 5.75 Å². The van der Waals surface area contributed by atoms with Gasteiger partial charge in [-0.05, 0) is 61.4 Å². The van der Waals surface area contributed by atoms with Crippen molar-refractivity contribution in [2.24, 2.45) is 5.10 Å². The molecule has 0 saturated carbocycles. The lowest BCUT2D eigenvalue weighted by Crippen LogP contribution is -2.18. The van der Waals surface area contributed by atoms with E-state index in [9.17, 15) is 8.42 Å². The van der Waals surface area contributed by atoms with Crippen molar-refractivity contribution in [2.45, 2.75) is 31.6 Å². The van der Waals surface area contributed by atoms with Crippen LogP contribution in [0.15, 0.2) is 52.5 Å². The van der Waals surface area contributed by atoms with Gasteiger partial charge in [-0.1, -0.05) is 13.3 Å². The van der Waals surface area contributed by atoms with Crippen molar-refractivity contribution in [1.82, 2.24) is 4.83 Å². The summed E-state index contributed by atoms with van der Waals surface area (Å²) >= 11 is 0. The van der Waals surface area contributed by atoms with Gasteiger partial charge in [-0.3, -0.25) is 0 Å². The molecule has 0 radical (unpaired) electrons. The monoisotopic (exact) mass is 406 g/mol. The topological polar surface area (TPSA) is 86.2 Å². The molecule has 7 nitrogen and oxygen atoms in total. The summed E-state index contributed by atoms with van der Waals surface area (Å²) in [6.07, 6.45) is 3.42. The number of nitrogens with one attached hydrogen (secondary N) is 1. The van der Waals surface area contributed by atoms with Crippen LogP contribution in [0.5, 0.6) is 17.2 Å². The molecule has 1 N–H and O–H groups in total. The summed E-state index contributed by atoms with van der Waals surface area (Å²) in [6, 6.07) is 11.4. The Balaban J connectivity index is 2.08. The molecule has 2 aromatic carbocycles. The molecule has 2 rings (SSSR count). The molecule has 0 aromatic heterocycles. The smallest absolute Gasteiger partial charge is 0.276 e. The van der Waals surface area contributed by atoms with Crippen LogP contribution in [0.4, 0.5) is 0 Å². The van der Waals surface area contributed by atoms with Crippen molar-refractivity contribution in [3.63, 3.8) is 0 Å². The van der Waals surface area contributed by atoms with Gasteiger partial charge in [0.05, 0.1) is 31.4 Å². The quantitative estimate of drug-likeness (QED) is 0.350. The van der Waals surface area contributed by atoms with Crippen molar-refractivity contribution in [2.75, 3.05) is 20.3 Å². The lowest BCUT2D eigenvalue weighted by Gasteiger charge is -2.12. The van der Waals surface area contributed by atoms with Crippen LogP contribution in [0, 0.1) is 0 Å². The minimum atomic E-state index is -3.76. The first-order chi connectivity index (χ1) is 13.5. The van der Waals surface area contributed by atoms with E-state index in [2.05, 4.69) is 16.9 Å². The Morgan fingerprint density at radius 2 is 1.79 bits per heavy atom.